The lowest BCUT2D eigenvalue weighted by Crippen LogP contribution is -2.04. The predicted octanol–water partition coefficient (Wildman–Crippen LogP) is 2.96. The first kappa shape index (κ1) is 12.8. The molecule has 1 atom stereocenters. The van der Waals surface area contributed by atoms with Crippen molar-refractivity contribution in [2.75, 3.05) is 7.11 Å². The maximum Gasteiger partial charge on any atom is 0.137 e. The lowest BCUT2D eigenvalue weighted by Gasteiger charge is -2.14. The molecule has 1 unspecified atom stereocenters. The second-order valence-corrected chi connectivity index (χ2v) is 4.10. The quantitative estimate of drug-likeness (QED) is 0.930. The van der Waals surface area contributed by atoms with E-state index in [2.05, 4.69) is 4.98 Å². The van der Waals surface area contributed by atoms with E-state index < -0.39 is 11.9 Å². The van der Waals surface area contributed by atoms with Crippen molar-refractivity contribution in [3.8, 4) is 5.75 Å². The molecule has 2 aromatic rings. The average molecular weight is 268 g/mol. The molecule has 94 valence electrons. The summed E-state index contributed by atoms with van der Waals surface area (Å²) in [6.45, 7) is 0. The molecule has 18 heavy (non-hydrogen) atoms. The van der Waals surface area contributed by atoms with E-state index in [0.29, 0.717) is 11.3 Å². The van der Waals surface area contributed by atoms with E-state index in [0.717, 1.165) is 0 Å². The lowest BCUT2D eigenvalue weighted by molar-refractivity contribution is 0.214. The molecule has 0 fully saturated rings. The van der Waals surface area contributed by atoms with Gasteiger partial charge >= 0.3 is 0 Å². The summed E-state index contributed by atoms with van der Waals surface area (Å²) >= 11 is 5.90. The molecule has 0 bridgehead atoms. The minimum absolute atomic E-state index is 0.0363. The fourth-order valence-corrected chi connectivity index (χ4v) is 1.90. The highest BCUT2D eigenvalue weighted by atomic mass is 35.5. The third-order valence-electron chi connectivity index (χ3n) is 2.56. The third kappa shape index (κ3) is 2.44. The molecule has 1 aromatic heterocycles. The van der Waals surface area contributed by atoms with Crippen molar-refractivity contribution < 1.29 is 14.2 Å². The highest BCUT2D eigenvalue weighted by Crippen LogP contribution is 2.31. The van der Waals surface area contributed by atoms with Crippen LogP contribution in [0.25, 0.3) is 0 Å². The number of halogens is 2. The van der Waals surface area contributed by atoms with Crippen LogP contribution in [0.5, 0.6) is 5.75 Å². The predicted molar refractivity (Wildman–Crippen MR) is 66.3 cm³/mol. The molecule has 0 aliphatic heterocycles. The van der Waals surface area contributed by atoms with E-state index in [4.69, 9.17) is 16.3 Å². The van der Waals surface area contributed by atoms with Gasteiger partial charge in [0.25, 0.3) is 0 Å². The Morgan fingerprint density at radius 2 is 2.17 bits per heavy atom. The monoisotopic (exact) mass is 267 g/mol. The molecule has 0 amide bonds. The number of aliphatic hydroxyl groups is 1. The van der Waals surface area contributed by atoms with Crippen LogP contribution in [0.1, 0.15) is 17.2 Å². The van der Waals surface area contributed by atoms with Crippen molar-refractivity contribution in [1.82, 2.24) is 4.98 Å². The van der Waals surface area contributed by atoms with Crippen molar-refractivity contribution >= 4 is 11.6 Å². The van der Waals surface area contributed by atoms with Gasteiger partial charge in [0, 0.05) is 22.3 Å². The van der Waals surface area contributed by atoms with Gasteiger partial charge < -0.3 is 9.84 Å². The van der Waals surface area contributed by atoms with Crippen molar-refractivity contribution in [3.63, 3.8) is 0 Å². The molecule has 0 radical (unpaired) electrons. The van der Waals surface area contributed by atoms with E-state index in [1.165, 1.54) is 37.7 Å². The summed E-state index contributed by atoms with van der Waals surface area (Å²) in [5.41, 5.74) is 0.454. The minimum Gasteiger partial charge on any atom is -0.495 e. The Morgan fingerprint density at radius 3 is 2.83 bits per heavy atom. The zero-order valence-electron chi connectivity index (χ0n) is 9.60. The molecule has 0 spiro atoms. The number of rotatable bonds is 3. The lowest BCUT2D eigenvalue weighted by atomic mass is 10.0. The van der Waals surface area contributed by atoms with Crippen LogP contribution in [-0.4, -0.2) is 17.2 Å². The van der Waals surface area contributed by atoms with Crippen LogP contribution in [0.4, 0.5) is 4.39 Å². The van der Waals surface area contributed by atoms with Gasteiger partial charge in [-0.3, -0.25) is 4.98 Å². The highest BCUT2D eigenvalue weighted by molar-refractivity contribution is 6.31. The van der Waals surface area contributed by atoms with Gasteiger partial charge in [-0.05, 0) is 18.2 Å². The van der Waals surface area contributed by atoms with E-state index >= 15 is 0 Å². The first-order valence-corrected chi connectivity index (χ1v) is 5.62. The minimum atomic E-state index is -1.18. The highest BCUT2D eigenvalue weighted by Gasteiger charge is 2.19. The number of pyridine rings is 1. The van der Waals surface area contributed by atoms with Crippen LogP contribution in [0.3, 0.4) is 0 Å². The molecule has 1 heterocycles. The second-order valence-electron chi connectivity index (χ2n) is 3.70. The Hall–Kier alpha value is -1.65. The fraction of sp³-hybridized carbons (Fsp3) is 0.154. The molecule has 0 saturated heterocycles. The number of hydrogen-bond acceptors (Lipinski definition) is 3. The van der Waals surface area contributed by atoms with Crippen molar-refractivity contribution in [2.45, 2.75) is 6.10 Å². The molecule has 1 aromatic carbocycles. The number of aliphatic hydroxyl groups excluding tert-OH is 1. The summed E-state index contributed by atoms with van der Waals surface area (Å²) in [5.74, 6) is -0.0724. The normalized spacial score (nSPS) is 12.2. The molecular weight excluding hydrogens is 257 g/mol. The maximum atomic E-state index is 13.7. The third-order valence-corrected chi connectivity index (χ3v) is 2.89. The number of aromatic nitrogens is 1. The number of ether oxygens (including phenoxy) is 1. The van der Waals surface area contributed by atoms with E-state index in [1.54, 1.807) is 6.07 Å². The Kier molecular flexibility index (Phi) is 3.79. The van der Waals surface area contributed by atoms with Crippen LogP contribution in [-0.2, 0) is 0 Å². The smallest absolute Gasteiger partial charge is 0.137 e. The standard InChI is InChI=1S/C13H11ClFNO2/c1-18-9-5-8(6-16-7-9)13(17)12-10(14)3-2-4-11(12)15/h2-7,13,17H,1H3. The van der Waals surface area contributed by atoms with Crippen LogP contribution in [0.2, 0.25) is 5.02 Å². The number of benzene rings is 1. The van der Waals surface area contributed by atoms with Crippen molar-refractivity contribution in [3.05, 3.63) is 58.6 Å². The Morgan fingerprint density at radius 1 is 1.39 bits per heavy atom. The fourth-order valence-electron chi connectivity index (χ4n) is 1.64. The van der Waals surface area contributed by atoms with Crippen LogP contribution in [0.15, 0.2) is 36.7 Å². The summed E-state index contributed by atoms with van der Waals surface area (Å²) < 4.78 is 18.7. The summed E-state index contributed by atoms with van der Waals surface area (Å²) in [7, 11) is 1.49. The summed E-state index contributed by atoms with van der Waals surface area (Å²) in [5, 5.41) is 10.3. The Labute approximate surface area is 109 Å². The molecule has 5 heteroatoms. The Balaban J connectivity index is 2.44. The zero-order chi connectivity index (χ0) is 13.1. The first-order valence-electron chi connectivity index (χ1n) is 5.24. The number of nitrogens with zero attached hydrogens (tertiary/aromatic N) is 1. The van der Waals surface area contributed by atoms with Gasteiger partial charge in [-0.2, -0.15) is 0 Å². The van der Waals surface area contributed by atoms with Crippen molar-refractivity contribution in [1.29, 1.82) is 0 Å². The summed E-state index contributed by atoms with van der Waals surface area (Å²) in [6, 6.07) is 5.84. The molecule has 1 N–H and O–H groups in total. The molecule has 0 saturated carbocycles. The van der Waals surface area contributed by atoms with Gasteiger partial charge in [0.2, 0.25) is 0 Å². The van der Waals surface area contributed by atoms with E-state index in [9.17, 15) is 9.50 Å². The summed E-state index contributed by atoms with van der Waals surface area (Å²) in [6.07, 6.45) is 1.76. The van der Waals surface area contributed by atoms with Crippen LogP contribution >= 0.6 is 11.6 Å². The molecule has 2 rings (SSSR count). The molecule has 0 aliphatic carbocycles. The van der Waals surface area contributed by atoms with Crippen LogP contribution in [0, 0.1) is 5.82 Å². The van der Waals surface area contributed by atoms with E-state index in [1.807, 2.05) is 0 Å². The largest absolute Gasteiger partial charge is 0.495 e. The van der Waals surface area contributed by atoms with Gasteiger partial charge in [0.05, 0.1) is 13.3 Å². The zero-order valence-corrected chi connectivity index (χ0v) is 10.4. The van der Waals surface area contributed by atoms with Gasteiger partial charge in [-0.1, -0.05) is 17.7 Å². The number of methoxy groups -OCH3 is 1. The average Bonchev–Trinajstić information content (AvgIpc) is 2.38. The number of hydrogen-bond donors (Lipinski definition) is 1. The van der Waals surface area contributed by atoms with Gasteiger partial charge in [0.15, 0.2) is 0 Å². The Bertz CT molecular complexity index is 542. The topological polar surface area (TPSA) is 42.4 Å². The van der Waals surface area contributed by atoms with Gasteiger partial charge in [0.1, 0.15) is 17.7 Å². The van der Waals surface area contributed by atoms with Crippen LogP contribution < -0.4 is 4.74 Å². The van der Waals surface area contributed by atoms with Gasteiger partial charge in [-0.25, -0.2) is 4.39 Å². The first-order chi connectivity index (χ1) is 8.63. The molecular formula is C13H11ClFNO2. The maximum absolute atomic E-state index is 13.7. The molecule has 0 aliphatic rings. The van der Waals surface area contributed by atoms with Gasteiger partial charge in [-0.15, -0.1) is 0 Å². The SMILES string of the molecule is COc1cncc(C(O)c2c(F)cccc2Cl)c1. The molecule has 3 nitrogen and oxygen atoms in total. The second kappa shape index (κ2) is 5.33. The summed E-state index contributed by atoms with van der Waals surface area (Å²) in [4.78, 5) is 3.91. The van der Waals surface area contributed by atoms with Crippen molar-refractivity contribution in [2.24, 2.45) is 0 Å². The van der Waals surface area contributed by atoms with E-state index in [-0.39, 0.29) is 10.6 Å².